The maximum atomic E-state index is 12.9. The first-order chi connectivity index (χ1) is 8.97. The summed E-state index contributed by atoms with van der Waals surface area (Å²) in [7, 11) is 0. The molecule has 0 saturated heterocycles. The molecule has 1 unspecified atom stereocenters. The highest BCUT2D eigenvalue weighted by molar-refractivity contribution is 7.99. The smallest absolute Gasteiger partial charge is 0.371 e. The minimum Gasteiger partial charge on any atom is -0.475 e. The number of aromatic carboxylic acids is 1. The Morgan fingerprint density at radius 2 is 2.16 bits per heavy atom. The van der Waals surface area contributed by atoms with Crippen LogP contribution in [-0.2, 0) is 0 Å². The first kappa shape index (κ1) is 13.5. The molecule has 3 N–H and O–H groups in total. The van der Waals surface area contributed by atoms with Crippen molar-refractivity contribution in [1.29, 1.82) is 0 Å². The van der Waals surface area contributed by atoms with E-state index in [9.17, 15) is 9.18 Å². The largest absolute Gasteiger partial charge is 0.475 e. The number of carboxylic acid groups (broad SMARTS) is 1. The first-order valence-electron chi connectivity index (χ1n) is 5.52. The van der Waals surface area contributed by atoms with Crippen molar-refractivity contribution in [1.82, 2.24) is 0 Å². The Hall–Kier alpha value is -1.95. The predicted octanol–water partition coefficient (Wildman–Crippen LogP) is 3.55. The van der Waals surface area contributed by atoms with Gasteiger partial charge in [-0.25, -0.2) is 9.18 Å². The average Bonchev–Trinajstić information content (AvgIpc) is 2.82. The summed E-state index contributed by atoms with van der Waals surface area (Å²) in [6.07, 6.45) is 0. The van der Waals surface area contributed by atoms with E-state index in [1.807, 2.05) is 6.92 Å². The zero-order chi connectivity index (χ0) is 14.0. The summed E-state index contributed by atoms with van der Waals surface area (Å²) in [5.74, 6) is -1.06. The fourth-order valence-electron chi connectivity index (χ4n) is 1.56. The van der Waals surface area contributed by atoms with Crippen molar-refractivity contribution < 1.29 is 18.7 Å². The summed E-state index contributed by atoms with van der Waals surface area (Å²) in [4.78, 5) is 11.4. The van der Waals surface area contributed by atoms with Gasteiger partial charge in [-0.05, 0) is 37.3 Å². The van der Waals surface area contributed by atoms with Crippen LogP contribution in [0.2, 0.25) is 0 Å². The van der Waals surface area contributed by atoms with Gasteiger partial charge in [-0.2, -0.15) is 0 Å². The number of carboxylic acids is 1. The third-order valence-electron chi connectivity index (χ3n) is 2.51. The number of carbonyl (C=O) groups is 1. The van der Waals surface area contributed by atoms with E-state index in [0.717, 1.165) is 4.90 Å². The highest BCUT2D eigenvalue weighted by Crippen LogP contribution is 2.38. The van der Waals surface area contributed by atoms with Gasteiger partial charge in [-0.1, -0.05) is 0 Å². The minimum atomic E-state index is -1.11. The van der Waals surface area contributed by atoms with Gasteiger partial charge in [-0.3, -0.25) is 0 Å². The van der Waals surface area contributed by atoms with Gasteiger partial charge < -0.3 is 15.3 Å². The van der Waals surface area contributed by atoms with Crippen molar-refractivity contribution in [2.45, 2.75) is 17.1 Å². The number of rotatable bonds is 4. The lowest BCUT2D eigenvalue weighted by molar-refractivity contribution is 0.0660. The van der Waals surface area contributed by atoms with Crippen molar-refractivity contribution >= 4 is 23.4 Å². The Labute approximate surface area is 113 Å². The normalized spacial score (nSPS) is 12.3. The van der Waals surface area contributed by atoms with Gasteiger partial charge in [0.25, 0.3) is 0 Å². The summed E-state index contributed by atoms with van der Waals surface area (Å²) in [6, 6.07) is 7.19. The molecule has 0 amide bonds. The molecule has 0 bridgehead atoms. The zero-order valence-electron chi connectivity index (χ0n) is 10.1. The highest BCUT2D eigenvalue weighted by atomic mass is 32.2. The van der Waals surface area contributed by atoms with Crippen LogP contribution in [0.25, 0.3) is 0 Å². The predicted molar refractivity (Wildman–Crippen MR) is 70.8 cm³/mol. The lowest BCUT2D eigenvalue weighted by Crippen LogP contribution is -1.94. The standard InChI is InChI=1S/C13H12FNO3S/c1-7(10-3-4-11(18-10)13(16)17)19-12-5-2-8(14)6-9(12)15/h2-7H,15H2,1H3,(H,16,17). The molecule has 2 rings (SSSR count). The fourth-order valence-corrected chi connectivity index (χ4v) is 2.53. The molecule has 19 heavy (non-hydrogen) atoms. The van der Waals surface area contributed by atoms with Crippen molar-refractivity contribution in [3.63, 3.8) is 0 Å². The molecular formula is C13H12FNO3S. The van der Waals surface area contributed by atoms with Gasteiger partial charge in [0.15, 0.2) is 0 Å². The van der Waals surface area contributed by atoms with Gasteiger partial charge in [0.1, 0.15) is 11.6 Å². The van der Waals surface area contributed by atoms with Crippen LogP contribution in [0.3, 0.4) is 0 Å². The second kappa shape index (κ2) is 5.36. The minimum absolute atomic E-state index is 0.102. The Balaban J connectivity index is 2.15. The van der Waals surface area contributed by atoms with Crippen LogP contribution < -0.4 is 5.73 Å². The molecule has 4 nitrogen and oxygen atoms in total. The molecule has 0 radical (unpaired) electrons. The van der Waals surface area contributed by atoms with E-state index in [0.29, 0.717) is 11.4 Å². The lowest BCUT2D eigenvalue weighted by atomic mass is 10.3. The van der Waals surface area contributed by atoms with Gasteiger partial charge in [0.2, 0.25) is 5.76 Å². The molecule has 0 saturated carbocycles. The lowest BCUT2D eigenvalue weighted by Gasteiger charge is -2.10. The second-order valence-corrected chi connectivity index (χ2v) is 5.33. The molecule has 2 aromatic rings. The molecule has 100 valence electrons. The zero-order valence-corrected chi connectivity index (χ0v) is 10.9. The Bertz CT molecular complexity index is 612. The summed E-state index contributed by atoms with van der Waals surface area (Å²) in [5, 5.41) is 8.66. The molecule has 1 aromatic carbocycles. The summed E-state index contributed by atoms with van der Waals surface area (Å²) < 4.78 is 18.1. The molecule has 0 fully saturated rings. The van der Waals surface area contributed by atoms with Crippen LogP contribution in [0.1, 0.15) is 28.5 Å². The van der Waals surface area contributed by atoms with E-state index in [1.54, 1.807) is 12.1 Å². The number of furan rings is 1. The van der Waals surface area contributed by atoms with E-state index >= 15 is 0 Å². The van der Waals surface area contributed by atoms with Crippen LogP contribution in [0.5, 0.6) is 0 Å². The molecule has 1 aromatic heterocycles. The van der Waals surface area contributed by atoms with Crippen molar-refractivity contribution in [3.05, 3.63) is 47.7 Å². The first-order valence-corrected chi connectivity index (χ1v) is 6.40. The van der Waals surface area contributed by atoms with Crippen molar-refractivity contribution in [2.24, 2.45) is 0 Å². The van der Waals surface area contributed by atoms with Crippen molar-refractivity contribution in [2.75, 3.05) is 5.73 Å². The van der Waals surface area contributed by atoms with E-state index in [2.05, 4.69) is 0 Å². The molecule has 0 spiro atoms. The molecule has 1 heterocycles. The Morgan fingerprint density at radius 1 is 1.42 bits per heavy atom. The van der Waals surface area contributed by atoms with E-state index in [4.69, 9.17) is 15.3 Å². The summed E-state index contributed by atoms with van der Waals surface area (Å²) in [6.45, 7) is 1.86. The van der Waals surface area contributed by atoms with E-state index in [-0.39, 0.29) is 16.8 Å². The highest BCUT2D eigenvalue weighted by Gasteiger charge is 2.16. The quantitative estimate of drug-likeness (QED) is 0.662. The number of hydrogen-bond donors (Lipinski definition) is 2. The maximum Gasteiger partial charge on any atom is 0.371 e. The van der Waals surface area contributed by atoms with Gasteiger partial charge in [0, 0.05) is 10.6 Å². The molecular weight excluding hydrogens is 269 g/mol. The van der Waals surface area contributed by atoms with E-state index < -0.39 is 5.97 Å². The maximum absolute atomic E-state index is 12.9. The average molecular weight is 281 g/mol. The Morgan fingerprint density at radius 3 is 2.74 bits per heavy atom. The van der Waals surface area contributed by atoms with Crippen LogP contribution in [-0.4, -0.2) is 11.1 Å². The number of nitrogen functional groups attached to an aromatic ring is 1. The van der Waals surface area contributed by atoms with Crippen molar-refractivity contribution in [3.8, 4) is 0 Å². The number of halogens is 1. The Kier molecular flexibility index (Phi) is 3.80. The summed E-state index contributed by atoms with van der Waals surface area (Å²) >= 11 is 1.38. The topological polar surface area (TPSA) is 76.5 Å². The second-order valence-electron chi connectivity index (χ2n) is 3.95. The monoisotopic (exact) mass is 281 g/mol. The van der Waals surface area contributed by atoms with Gasteiger partial charge >= 0.3 is 5.97 Å². The molecule has 6 heteroatoms. The number of benzene rings is 1. The van der Waals surface area contributed by atoms with E-state index in [1.165, 1.54) is 30.0 Å². The van der Waals surface area contributed by atoms with Crippen LogP contribution >= 0.6 is 11.8 Å². The number of nitrogens with two attached hydrogens (primary N) is 1. The molecule has 0 aliphatic heterocycles. The third-order valence-corrected chi connectivity index (χ3v) is 3.73. The van der Waals surface area contributed by atoms with Crippen LogP contribution in [0.4, 0.5) is 10.1 Å². The summed E-state index contributed by atoms with van der Waals surface area (Å²) in [5.41, 5.74) is 6.06. The molecule has 1 atom stereocenters. The van der Waals surface area contributed by atoms with Gasteiger partial charge in [0.05, 0.1) is 5.25 Å². The van der Waals surface area contributed by atoms with Crippen LogP contribution in [0, 0.1) is 5.82 Å². The SMILES string of the molecule is CC(Sc1ccc(F)cc1N)c1ccc(C(=O)O)o1. The van der Waals surface area contributed by atoms with Gasteiger partial charge in [-0.15, -0.1) is 11.8 Å². The third kappa shape index (κ3) is 3.08. The molecule has 0 aliphatic rings. The number of hydrogen-bond acceptors (Lipinski definition) is 4. The van der Waals surface area contributed by atoms with Crippen LogP contribution in [0.15, 0.2) is 39.6 Å². The fraction of sp³-hybridized carbons (Fsp3) is 0.154. The number of anilines is 1. The molecule has 0 aliphatic carbocycles. The number of thioether (sulfide) groups is 1.